The molecule has 1 saturated carbocycles. The molecule has 0 amide bonds. The van der Waals surface area contributed by atoms with Crippen molar-refractivity contribution in [3.8, 4) is 0 Å². The smallest absolute Gasteiger partial charge is 0.0320 e. The third kappa shape index (κ3) is 4.59. The molecule has 0 spiro atoms. The fraction of sp³-hybridized carbons (Fsp3) is 0.481. The maximum atomic E-state index is 6.14. The van der Waals surface area contributed by atoms with Gasteiger partial charge in [-0.3, -0.25) is 0 Å². The van der Waals surface area contributed by atoms with Crippen molar-refractivity contribution in [2.45, 2.75) is 83.2 Å². The average molecular weight is 389 g/mol. The third-order valence-corrected chi connectivity index (χ3v) is 7.19. The van der Waals surface area contributed by atoms with Gasteiger partial charge in [0.25, 0.3) is 0 Å². The van der Waals surface area contributed by atoms with E-state index in [1.807, 2.05) is 6.07 Å². The number of benzene rings is 2. The summed E-state index contributed by atoms with van der Waals surface area (Å²) < 4.78 is 0. The lowest BCUT2D eigenvalue weighted by Gasteiger charge is -2.35. The molecule has 2 nitrogen and oxygen atoms in total. The van der Waals surface area contributed by atoms with Crippen molar-refractivity contribution in [2.24, 2.45) is 0 Å². The Morgan fingerprint density at radius 1 is 0.966 bits per heavy atom. The molecule has 0 saturated heterocycles. The van der Waals surface area contributed by atoms with Crippen LogP contribution in [0.25, 0.3) is 5.57 Å². The summed E-state index contributed by atoms with van der Waals surface area (Å²) in [5.74, 6) is 0.743. The molecule has 0 aromatic heterocycles. The van der Waals surface area contributed by atoms with Crippen LogP contribution in [-0.2, 0) is 6.42 Å². The maximum absolute atomic E-state index is 6.14. The van der Waals surface area contributed by atoms with Gasteiger partial charge in [0.15, 0.2) is 0 Å². The zero-order chi connectivity index (χ0) is 20.2. The van der Waals surface area contributed by atoms with E-state index in [0.717, 1.165) is 18.0 Å². The van der Waals surface area contributed by atoms with Gasteiger partial charge in [0, 0.05) is 17.8 Å². The number of anilines is 1. The Kier molecular flexibility index (Phi) is 6.40. The van der Waals surface area contributed by atoms with Crippen LogP contribution in [0, 0.1) is 0 Å². The largest absolute Gasteiger partial charge is 0.399 e. The van der Waals surface area contributed by atoms with E-state index in [9.17, 15) is 0 Å². The van der Waals surface area contributed by atoms with Gasteiger partial charge in [0.1, 0.15) is 0 Å². The first-order valence-corrected chi connectivity index (χ1v) is 11.5. The van der Waals surface area contributed by atoms with Gasteiger partial charge < -0.3 is 11.1 Å². The molecule has 2 aliphatic carbocycles. The molecule has 0 aliphatic heterocycles. The molecule has 0 radical (unpaired) electrons. The van der Waals surface area contributed by atoms with E-state index in [1.165, 1.54) is 67.2 Å². The Balaban J connectivity index is 1.45. The van der Waals surface area contributed by atoms with E-state index in [-0.39, 0.29) is 0 Å². The average Bonchev–Trinajstić information content (AvgIpc) is 2.76. The van der Waals surface area contributed by atoms with Crippen LogP contribution < -0.4 is 11.1 Å². The summed E-state index contributed by atoms with van der Waals surface area (Å²) in [6.07, 6.45) is 9.96. The summed E-state index contributed by atoms with van der Waals surface area (Å²) in [5.41, 5.74) is 14.4. The van der Waals surface area contributed by atoms with Crippen molar-refractivity contribution >= 4 is 11.3 Å². The first kappa shape index (κ1) is 20.2. The highest BCUT2D eigenvalue weighted by Crippen LogP contribution is 2.37. The van der Waals surface area contributed by atoms with E-state index >= 15 is 0 Å². The van der Waals surface area contributed by atoms with Crippen LogP contribution in [0.4, 0.5) is 5.69 Å². The van der Waals surface area contributed by atoms with Crippen molar-refractivity contribution < 1.29 is 0 Å². The number of aryl methyl sites for hydroxylation is 1. The van der Waals surface area contributed by atoms with E-state index in [2.05, 4.69) is 61.6 Å². The zero-order valence-corrected chi connectivity index (χ0v) is 18.1. The predicted octanol–water partition coefficient (Wildman–Crippen LogP) is 6.47. The van der Waals surface area contributed by atoms with Crippen LogP contribution in [-0.4, -0.2) is 12.1 Å². The zero-order valence-electron chi connectivity index (χ0n) is 18.1. The summed E-state index contributed by atoms with van der Waals surface area (Å²) in [6, 6.07) is 18.7. The molecule has 154 valence electrons. The molecular formula is C27H36N2. The summed E-state index contributed by atoms with van der Waals surface area (Å²) >= 11 is 0. The van der Waals surface area contributed by atoms with E-state index in [4.69, 9.17) is 5.73 Å². The van der Waals surface area contributed by atoms with Crippen LogP contribution in [0.1, 0.15) is 81.4 Å². The molecule has 2 aliphatic rings. The molecule has 3 N–H and O–H groups in total. The summed E-state index contributed by atoms with van der Waals surface area (Å²) in [7, 11) is 0. The molecule has 2 aromatic rings. The van der Waals surface area contributed by atoms with Crippen LogP contribution >= 0.6 is 0 Å². The Morgan fingerprint density at radius 3 is 2.45 bits per heavy atom. The second kappa shape index (κ2) is 9.17. The minimum atomic E-state index is 0.517. The van der Waals surface area contributed by atoms with Gasteiger partial charge in [0.2, 0.25) is 0 Å². The van der Waals surface area contributed by atoms with Crippen molar-refractivity contribution in [1.82, 2.24) is 5.32 Å². The SMILES string of the molecule is CCc1ccc(N)cc1C1=C(C)C(NC2CCC(c3ccccc3)CC2)CCC1. The van der Waals surface area contributed by atoms with Crippen molar-refractivity contribution in [3.05, 3.63) is 70.8 Å². The highest BCUT2D eigenvalue weighted by Gasteiger charge is 2.27. The minimum Gasteiger partial charge on any atom is -0.399 e. The van der Waals surface area contributed by atoms with Crippen LogP contribution in [0.2, 0.25) is 0 Å². The van der Waals surface area contributed by atoms with E-state index in [1.54, 1.807) is 5.57 Å². The van der Waals surface area contributed by atoms with E-state index in [0.29, 0.717) is 12.1 Å². The molecule has 1 atom stereocenters. The normalized spacial score (nSPS) is 25.2. The number of hydrogen-bond donors (Lipinski definition) is 2. The number of nitrogen functional groups attached to an aromatic ring is 1. The number of nitrogens with two attached hydrogens (primary N) is 1. The van der Waals surface area contributed by atoms with Crippen LogP contribution in [0.3, 0.4) is 0 Å². The maximum Gasteiger partial charge on any atom is 0.0320 e. The molecule has 1 fully saturated rings. The lowest BCUT2D eigenvalue weighted by atomic mass is 9.79. The van der Waals surface area contributed by atoms with Gasteiger partial charge in [-0.25, -0.2) is 0 Å². The Labute approximate surface area is 176 Å². The predicted molar refractivity (Wildman–Crippen MR) is 125 cm³/mol. The summed E-state index contributed by atoms with van der Waals surface area (Å²) in [4.78, 5) is 0. The summed E-state index contributed by atoms with van der Waals surface area (Å²) in [6.45, 7) is 4.60. The standard InChI is InChI=1S/C27H36N2/c1-3-20-12-15-23(28)18-26(20)25-10-7-11-27(19(25)2)29-24-16-13-22(14-17-24)21-8-5-4-6-9-21/h4-6,8-9,12,15,18,22,24,27,29H,3,7,10-11,13-14,16-17,28H2,1-2H3. The molecular weight excluding hydrogens is 352 g/mol. The van der Waals surface area contributed by atoms with Gasteiger partial charge >= 0.3 is 0 Å². The minimum absolute atomic E-state index is 0.517. The molecule has 2 aromatic carbocycles. The van der Waals surface area contributed by atoms with Gasteiger partial charge in [0.05, 0.1) is 0 Å². The quantitative estimate of drug-likeness (QED) is 0.576. The van der Waals surface area contributed by atoms with Gasteiger partial charge in [-0.15, -0.1) is 0 Å². The Hall–Kier alpha value is -2.06. The monoisotopic (exact) mass is 388 g/mol. The van der Waals surface area contributed by atoms with Crippen molar-refractivity contribution in [3.63, 3.8) is 0 Å². The van der Waals surface area contributed by atoms with Crippen molar-refractivity contribution in [2.75, 3.05) is 5.73 Å². The highest BCUT2D eigenvalue weighted by molar-refractivity contribution is 5.74. The molecule has 1 unspecified atom stereocenters. The Bertz CT molecular complexity index is 844. The topological polar surface area (TPSA) is 38.0 Å². The van der Waals surface area contributed by atoms with Gasteiger partial charge in [-0.05, 0) is 98.6 Å². The fourth-order valence-electron chi connectivity index (χ4n) is 5.45. The third-order valence-electron chi connectivity index (χ3n) is 7.19. The molecule has 29 heavy (non-hydrogen) atoms. The molecule has 0 heterocycles. The van der Waals surface area contributed by atoms with Crippen LogP contribution in [0.5, 0.6) is 0 Å². The first-order valence-electron chi connectivity index (χ1n) is 11.5. The van der Waals surface area contributed by atoms with Gasteiger partial charge in [-0.1, -0.05) is 48.9 Å². The molecule has 2 heteroatoms. The summed E-state index contributed by atoms with van der Waals surface area (Å²) in [5, 5.41) is 4.04. The Morgan fingerprint density at radius 2 is 1.72 bits per heavy atom. The van der Waals surface area contributed by atoms with E-state index < -0.39 is 0 Å². The number of hydrogen-bond acceptors (Lipinski definition) is 2. The molecule has 0 bridgehead atoms. The number of nitrogens with one attached hydrogen (secondary N) is 1. The second-order valence-corrected chi connectivity index (χ2v) is 9.00. The highest BCUT2D eigenvalue weighted by atomic mass is 15.0. The lowest BCUT2D eigenvalue weighted by Crippen LogP contribution is -2.42. The first-order chi connectivity index (χ1) is 14.2. The second-order valence-electron chi connectivity index (χ2n) is 9.00. The lowest BCUT2D eigenvalue weighted by molar-refractivity contribution is 0.316. The van der Waals surface area contributed by atoms with Crippen molar-refractivity contribution in [1.29, 1.82) is 0 Å². The molecule has 4 rings (SSSR count). The number of allylic oxidation sites excluding steroid dienone is 1. The number of rotatable bonds is 5. The van der Waals surface area contributed by atoms with Gasteiger partial charge in [-0.2, -0.15) is 0 Å². The van der Waals surface area contributed by atoms with Crippen LogP contribution in [0.15, 0.2) is 54.1 Å². The fourth-order valence-corrected chi connectivity index (χ4v) is 5.45.